The SMILES string of the molecule is Cc1cc(N2CCCC(CO)C2)nc(-c2ccccn2)n1. The molecule has 1 N–H and O–H groups in total. The van der Waals surface area contributed by atoms with Crippen molar-refractivity contribution in [1.82, 2.24) is 15.0 Å². The van der Waals surface area contributed by atoms with Gasteiger partial charge in [-0.05, 0) is 37.8 Å². The van der Waals surface area contributed by atoms with E-state index in [1.165, 1.54) is 0 Å². The van der Waals surface area contributed by atoms with Gasteiger partial charge in [0.1, 0.15) is 11.5 Å². The zero-order chi connectivity index (χ0) is 14.7. The monoisotopic (exact) mass is 284 g/mol. The van der Waals surface area contributed by atoms with Crippen LogP contribution in [0.5, 0.6) is 0 Å². The first-order valence-corrected chi connectivity index (χ1v) is 7.39. The summed E-state index contributed by atoms with van der Waals surface area (Å²) in [5.74, 6) is 1.94. The quantitative estimate of drug-likeness (QED) is 0.934. The Balaban J connectivity index is 1.91. The average Bonchev–Trinajstić information content (AvgIpc) is 2.55. The van der Waals surface area contributed by atoms with Crippen molar-refractivity contribution in [3.63, 3.8) is 0 Å². The van der Waals surface area contributed by atoms with Crippen LogP contribution in [0.15, 0.2) is 30.5 Å². The summed E-state index contributed by atoms with van der Waals surface area (Å²) in [4.78, 5) is 15.7. The van der Waals surface area contributed by atoms with Crippen molar-refractivity contribution in [2.75, 3.05) is 24.6 Å². The van der Waals surface area contributed by atoms with Gasteiger partial charge in [0.2, 0.25) is 0 Å². The van der Waals surface area contributed by atoms with Gasteiger partial charge in [-0.2, -0.15) is 0 Å². The molecule has 1 fully saturated rings. The maximum atomic E-state index is 9.37. The Morgan fingerprint density at radius 1 is 1.33 bits per heavy atom. The lowest BCUT2D eigenvalue weighted by molar-refractivity contribution is 0.208. The summed E-state index contributed by atoms with van der Waals surface area (Å²) in [5, 5.41) is 9.37. The first kappa shape index (κ1) is 13.9. The van der Waals surface area contributed by atoms with Crippen molar-refractivity contribution in [1.29, 1.82) is 0 Å². The van der Waals surface area contributed by atoms with Gasteiger partial charge >= 0.3 is 0 Å². The third-order valence-electron chi connectivity index (χ3n) is 3.84. The molecular weight excluding hydrogens is 264 g/mol. The summed E-state index contributed by atoms with van der Waals surface area (Å²) in [6.45, 7) is 4.06. The largest absolute Gasteiger partial charge is 0.396 e. The maximum absolute atomic E-state index is 9.37. The van der Waals surface area contributed by atoms with E-state index in [0.717, 1.165) is 43.1 Å². The molecule has 1 saturated heterocycles. The van der Waals surface area contributed by atoms with Crippen molar-refractivity contribution >= 4 is 5.82 Å². The van der Waals surface area contributed by atoms with Gasteiger partial charge in [0.25, 0.3) is 0 Å². The minimum absolute atomic E-state index is 0.244. The topological polar surface area (TPSA) is 62.1 Å². The minimum Gasteiger partial charge on any atom is -0.396 e. The molecule has 0 saturated carbocycles. The fraction of sp³-hybridized carbons (Fsp3) is 0.438. The second kappa shape index (κ2) is 6.18. The second-order valence-corrected chi connectivity index (χ2v) is 5.54. The molecule has 3 heterocycles. The van der Waals surface area contributed by atoms with E-state index in [0.29, 0.717) is 11.7 Å². The van der Waals surface area contributed by atoms with Gasteiger partial charge in [0.05, 0.1) is 0 Å². The normalized spacial score (nSPS) is 18.8. The van der Waals surface area contributed by atoms with E-state index in [1.54, 1.807) is 6.20 Å². The molecule has 21 heavy (non-hydrogen) atoms. The highest BCUT2D eigenvalue weighted by molar-refractivity contribution is 5.53. The second-order valence-electron chi connectivity index (χ2n) is 5.54. The van der Waals surface area contributed by atoms with E-state index < -0.39 is 0 Å². The Morgan fingerprint density at radius 2 is 2.24 bits per heavy atom. The molecule has 0 bridgehead atoms. The van der Waals surface area contributed by atoms with Crippen molar-refractivity contribution < 1.29 is 5.11 Å². The fourth-order valence-electron chi connectivity index (χ4n) is 2.75. The van der Waals surface area contributed by atoms with Gasteiger partial charge < -0.3 is 10.0 Å². The first-order valence-electron chi connectivity index (χ1n) is 7.39. The molecule has 0 amide bonds. The zero-order valence-corrected chi connectivity index (χ0v) is 12.2. The number of aliphatic hydroxyl groups excluding tert-OH is 1. The van der Waals surface area contributed by atoms with Gasteiger partial charge in [0, 0.05) is 37.7 Å². The average molecular weight is 284 g/mol. The number of aryl methyl sites for hydroxylation is 1. The lowest BCUT2D eigenvalue weighted by Gasteiger charge is -2.32. The van der Waals surface area contributed by atoms with E-state index in [-0.39, 0.29) is 6.61 Å². The van der Waals surface area contributed by atoms with Gasteiger partial charge in [-0.25, -0.2) is 9.97 Å². The van der Waals surface area contributed by atoms with Crippen molar-refractivity contribution in [3.05, 3.63) is 36.2 Å². The van der Waals surface area contributed by atoms with Crippen molar-refractivity contribution in [2.45, 2.75) is 19.8 Å². The molecule has 1 unspecified atom stereocenters. The molecule has 5 heteroatoms. The predicted molar refractivity (Wildman–Crippen MR) is 82.0 cm³/mol. The van der Waals surface area contributed by atoms with Gasteiger partial charge in [-0.15, -0.1) is 0 Å². The number of aliphatic hydroxyl groups is 1. The Labute approximate surface area is 124 Å². The maximum Gasteiger partial charge on any atom is 0.180 e. The highest BCUT2D eigenvalue weighted by Crippen LogP contribution is 2.23. The molecule has 2 aromatic rings. The molecule has 0 spiro atoms. The van der Waals surface area contributed by atoms with Crippen LogP contribution in [0.3, 0.4) is 0 Å². The van der Waals surface area contributed by atoms with E-state index in [1.807, 2.05) is 31.2 Å². The Bertz CT molecular complexity index is 602. The molecule has 0 aliphatic carbocycles. The smallest absolute Gasteiger partial charge is 0.180 e. The van der Waals surface area contributed by atoms with Crippen LogP contribution in [-0.4, -0.2) is 39.8 Å². The summed E-state index contributed by atoms with van der Waals surface area (Å²) < 4.78 is 0. The minimum atomic E-state index is 0.244. The predicted octanol–water partition coefficient (Wildman–Crippen LogP) is 2.06. The lowest BCUT2D eigenvalue weighted by Crippen LogP contribution is -2.37. The number of rotatable bonds is 3. The molecule has 2 aromatic heterocycles. The molecule has 1 atom stereocenters. The Kier molecular flexibility index (Phi) is 4.10. The number of pyridine rings is 1. The van der Waals surface area contributed by atoms with Gasteiger partial charge in [-0.3, -0.25) is 4.98 Å². The number of nitrogens with zero attached hydrogens (tertiary/aromatic N) is 4. The molecular formula is C16H20N4O. The summed E-state index contributed by atoms with van der Waals surface area (Å²) in [7, 11) is 0. The van der Waals surface area contributed by atoms with Gasteiger partial charge in [0.15, 0.2) is 5.82 Å². The summed E-state index contributed by atoms with van der Waals surface area (Å²) >= 11 is 0. The van der Waals surface area contributed by atoms with E-state index in [2.05, 4.69) is 19.9 Å². The van der Waals surface area contributed by atoms with Crippen LogP contribution in [0.25, 0.3) is 11.5 Å². The standard InChI is InChI=1S/C16H20N4O/c1-12-9-15(20-8-4-5-13(10-20)11-21)19-16(18-12)14-6-2-3-7-17-14/h2-3,6-7,9,13,21H,4-5,8,10-11H2,1H3. The molecule has 0 radical (unpaired) electrons. The van der Waals surface area contributed by atoms with Crippen LogP contribution in [-0.2, 0) is 0 Å². The molecule has 5 nitrogen and oxygen atoms in total. The number of hydrogen-bond donors (Lipinski definition) is 1. The van der Waals surface area contributed by atoms with Crippen molar-refractivity contribution in [3.8, 4) is 11.5 Å². The van der Waals surface area contributed by atoms with Crippen LogP contribution in [0.1, 0.15) is 18.5 Å². The van der Waals surface area contributed by atoms with Crippen LogP contribution in [0.4, 0.5) is 5.82 Å². The van der Waals surface area contributed by atoms with E-state index >= 15 is 0 Å². The number of anilines is 1. The van der Waals surface area contributed by atoms with Crippen molar-refractivity contribution in [2.24, 2.45) is 5.92 Å². The molecule has 0 aromatic carbocycles. The highest BCUT2D eigenvalue weighted by atomic mass is 16.3. The summed E-state index contributed by atoms with van der Waals surface area (Å²) in [6, 6.07) is 7.75. The fourth-order valence-corrected chi connectivity index (χ4v) is 2.75. The first-order chi connectivity index (χ1) is 10.3. The number of hydrogen-bond acceptors (Lipinski definition) is 5. The summed E-state index contributed by atoms with van der Waals surface area (Å²) in [6.07, 6.45) is 3.93. The zero-order valence-electron chi connectivity index (χ0n) is 12.2. The molecule has 3 rings (SSSR count). The third kappa shape index (κ3) is 3.19. The number of aromatic nitrogens is 3. The Hall–Kier alpha value is -2.01. The van der Waals surface area contributed by atoms with E-state index in [9.17, 15) is 5.11 Å². The van der Waals surface area contributed by atoms with Crippen LogP contribution >= 0.6 is 0 Å². The highest BCUT2D eigenvalue weighted by Gasteiger charge is 2.21. The molecule has 1 aliphatic rings. The van der Waals surface area contributed by atoms with Crippen LogP contribution in [0, 0.1) is 12.8 Å². The summed E-state index contributed by atoms with van der Waals surface area (Å²) in [5.41, 5.74) is 1.73. The Morgan fingerprint density at radius 3 is 3.00 bits per heavy atom. The van der Waals surface area contributed by atoms with Crippen LogP contribution < -0.4 is 4.90 Å². The van der Waals surface area contributed by atoms with Crippen LogP contribution in [0.2, 0.25) is 0 Å². The molecule has 110 valence electrons. The molecule has 1 aliphatic heterocycles. The van der Waals surface area contributed by atoms with Gasteiger partial charge in [-0.1, -0.05) is 6.07 Å². The number of piperidine rings is 1. The van der Waals surface area contributed by atoms with E-state index in [4.69, 9.17) is 0 Å². The lowest BCUT2D eigenvalue weighted by atomic mass is 9.99. The third-order valence-corrected chi connectivity index (χ3v) is 3.84.